The Morgan fingerprint density at radius 2 is 2.31 bits per heavy atom. The van der Waals surface area contributed by atoms with Crippen molar-refractivity contribution < 1.29 is 4.79 Å². The fraction of sp³-hybridized carbons (Fsp3) is 0.333. The highest BCUT2D eigenvalue weighted by Crippen LogP contribution is 2.22. The highest BCUT2D eigenvalue weighted by atomic mass is 16.1. The molecule has 1 aliphatic heterocycles. The zero-order valence-corrected chi connectivity index (χ0v) is 8.89. The maximum absolute atomic E-state index is 11.4. The van der Waals surface area contributed by atoms with Crippen molar-refractivity contribution in [2.75, 3.05) is 6.54 Å². The Hall–Kier alpha value is -1.68. The van der Waals surface area contributed by atoms with E-state index in [2.05, 4.69) is 10.4 Å². The third-order valence-corrected chi connectivity index (χ3v) is 3.03. The standard InChI is InChI=1S/C12H13N3O/c16-10-5-7-13-11(8-10)12-4-3-9-2-1-6-14-15(9)12/h1-4,6,11,13H,5,7-8H2. The number of carbonyl (C=O) groups is 1. The average Bonchev–Trinajstić information content (AvgIpc) is 2.72. The molecule has 0 aliphatic carbocycles. The van der Waals surface area contributed by atoms with Gasteiger partial charge in [0, 0.05) is 25.6 Å². The molecule has 1 saturated heterocycles. The van der Waals surface area contributed by atoms with Gasteiger partial charge in [-0.1, -0.05) is 0 Å². The Balaban J connectivity index is 2.02. The van der Waals surface area contributed by atoms with Crippen molar-refractivity contribution >= 4 is 11.3 Å². The molecule has 1 N–H and O–H groups in total. The van der Waals surface area contributed by atoms with Gasteiger partial charge in [0.05, 0.1) is 17.3 Å². The van der Waals surface area contributed by atoms with Crippen molar-refractivity contribution in [3.05, 3.63) is 36.2 Å². The number of fused-ring (bicyclic) bond motifs is 1. The molecule has 3 heterocycles. The molecule has 1 atom stereocenters. The van der Waals surface area contributed by atoms with Crippen molar-refractivity contribution in [2.45, 2.75) is 18.9 Å². The number of hydrogen-bond acceptors (Lipinski definition) is 3. The minimum atomic E-state index is 0.110. The summed E-state index contributed by atoms with van der Waals surface area (Å²) in [5.41, 5.74) is 2.14. The number of carbonyl (C=O) groups excluding carboxylic acids is 1. The lowest BCUT2D eigenvalue weighted by atomic mass is 10.0. The number of nitrogens with one attached hydrogen (secondary N) is 1. The highest BCUT2D eigenvalue weighted by Gasteiger charge is 2.22. The van der Waals surface area contributed by atoms with Crippen LogP contribution in [-0.4, -0.2) is 21.9 Å². The summed E-state index contributed by atoms with van der Waals surface area (Å²) in [5.74, 6) is 0.328. The first-order chi connectivity index (χ1) is 7.84. The van der Waals surface area contributed by atoms with E-state index < -0.39 is 0 Å². The van der Waals surface area contributed by atoms with Crippen molar-refractivity contribution in [3.63, 3.8) is 0 Å². The second-order valence-electron chi connectivity index (χ2n) is 4.12. The monoisotopic (exact) mass is 215 g/mol. The molecule has 3 rings (SSSR count). The summed E-state index contributed by atoms with van der Waals surface area (Å²) in [6, 6.07) is 8.11. The Kier molecular flexibility index (Phi) is 2.22. The van der Waals surface area contributed by atoms with E-state index in [1.165, 1.54) is 0 Å². The number of hydrogen-bond donors (Lipinski definition) is 1. The predicted octanol–water partition coefficient (Wildman–Crippen LogP) is 1.33. The van der Waals surface area contributed by atoms with Crippen LogP contribution in [0.25, 0.3) is 5.52 Å². The van der Waals surface area contributed by atoms with Crippen molar-refractivity contribution in [3.8, 4) is 0 Å². The average molecular weight is 215 g/mol. The van der Waals surface area contributed by atoms with Crippen LogP contribution >= 0.6 is 0 Å². The van der Waals surface area contributed by atoms with E-state index in [1.54, 1.807) is 6.20 Å². The van der Waals surface area contributed by atoms with E-state index in [-0.39, 0.29) is 6.04 Å². The van der Waals surface area contributed by atoms with E-state index in [0.717, 1.165) is 17.8 Å². The predicted molar refractivity (Wildman–Crippen MR) is 60.2 cm³/mol. The van der Waals surface area contributed by atoms with Crippen molar-refractivity contribution in [1.82, 2.24) is 14.9 Å². The maximum atomic E-state index is 11.4. The Labute approximate surface area is 93.3 Å². The van der Waals surface area contributed by atoms with Gasteiger partial charge in [0.2, 0.25) is 0 Å². The summed E-state index contributed by atoms with van der Waals surface area (Å²) in [7, 11) is 0. The van der Waals surface area contributed by atoms with E-state index >= 15 is 0 Å². The summed E-state index contributed by atoms with van der Waals surface area (Å²) in [4.78, 5) is 11.4. The molecule has 0 bridgehead atoms. The summed E-state index contributed by atoms with van der Waals surface area (Å²) in [6.07, 6.45) is 2.98. The number of rotatable bonds is 1. The molecule has 0 spiro atoms. The fourth-order valence-corrected chi connectivity index (χ4v) is 2.23. The second kappa shape index (κ2) is 3.72. The molecule has 4 heteroatoms. The topological polar surface area (TPSA) is 46.4 Å². The van der Waals surface area contributed by atoms with E-state index in [4.69, 9.17) is 0 Å². The lowest BCUT2D eigenvalue weighted by molar-refractivity contribution is -0.120. The van der Waals surface area contributed by atoms with Crippen LogP contribution < -0.4 is 5.32 Å². The van der Waals surface area contributed by atoms with E-state index in [0.29, 0.717) is 18.6 Å². The van der Waals surface area contributed by atoms with Crippen LogP contribution in [0.2, 0.25) is 0 Å². The van der Waals surface area contributed by atoms with Crippen molar-refractivity contribution in [1.29, 1.82) is 0 Å². The van der Waals surface area contributed by atoms with Gasteiger partial charge in [0.15, 0.2) is 0 Å². The zero-order valence-electron chi connectivity index (χ0n) is 8.89. The molecular weight excluding hydrogens is 202 g/mol. The SMILES string of the molecule is O=C1CCNC(c2ccc3cccnn23)C1. The molecule has 16 heavy (non-hydrogen) atoms. The molecular formula is C12H13N3O. The van der Waals surface area contributed by atoms with Crippen LogP contribution in [0.4, 0.5) is 0 Å². The van der Waals surface area contributed by atoms with Gasteiger partial charge in [-0.25, -0.2) is 4.52 Å². The van der Waals surface area contributed by atoms with Gasteiger partial charge in [0.1, 0.15) is 5.78 Å². The van der Waals surface area contributed by atoms with Gasteiger partial charge < -0.3 is 5.32 Å². The van der Waals surface area contributed by atoms with Crippen molar-refractivity contribution in [2.24, 2.45) is 0 Å². The fourth-order valence-electron chi connectivity index (χ4n) is 2.23. The molecule has 2 aromatic heterocycles. The smallest absolute Gasteiger partial charge is 0.136 e. The molecule has 0 amide bonds. The quantitative estimate of drug-likeness (QED) is 0.780. The molecule has 4 nitrogen and oxygen atoms in total. The Bertz CT molecular complexity index is 532. The Morgan fingerprint density at radius 1 is 1.38 bits per heavy atom. The maximum Gasteiger partial charge on any atom is 0.136 e. The van der Waals surface area contributed by atoms with Crippen LogP contribution in [0.3, 0.4) is 0 Å². The normalized spacial score (nSPS) is 21.5. The third-order valence-electron chi connectivity index (χ3n) is 3.03. The molecule has 1 aliphatic rings. The molecule has 2 aromatic rings. The summed E-state index contributed by atoms with van der Waals surface area (Å²) in [6.45, 7) is 0.767. The lowest BCUT2D eigenvalue weighted by Crippen LogP contribution is -2.32. The van der Waals surface area contributed by atoms with Crippen LogP contribution in [0.15, 0.2) is 30.5 Å². The van der Waals surface area contributed by atoms with Crippen LogP contribution in [0.5, 0.6) is 0 Å². The zero-order chi connectivity index (χ0) is 11.0. The molecule has 1 fully saturated rings. The minimum absolute atomic E-state index is 0.110. The largest absolute Gasteiger partial charge is 0.308 e. The van der Waals surface area contributed by atoms with E-state index in [1.807, 2.05) is 28.8 Å². The Morgan fingerprint density at radius 3 is 3.19 bits per heavy atom. The molecule has 1 unspecified atom stereocenters. The first-order valence-corrected chi connectivity index (χ1v) is 5.52. The molecule has 82 valence electrons. The highest BCUT2D eigenvalue weighted by molar-refractivity contribution is 5.80. The van der Waals surface area contributed by atoms with Gasteiger partial charge >= 0.3 is 0 Å². The second-order valence-corrected chi connectivity index (χ2v) is 4.12. The lowest BCUT2D eigenvalue weighted by Gasteiger charge is -2.22. The number of piperidine rings is 1. The van der Waals surface area contributed by atoms with Gasteiger partial charge in [-0.05, 0) is 24.3 Å². The number of aromatic nitrogens is 2. The summed E-state index contributed by atoms with van der Waals surface area (Å²) < 4.78 is 1.90. The van der Waals surface area contributed by atoms with E-state index in [9.17, 15) is 4.79 Å². The molecule has 0 aromatic carbocycles. The minimum Gasteiger partial charge on any atom is -0.308 e. The first kappa shape index (κ1) is 9.54. The molecule has 0 saturated carbocycles. The third kappa shape index (κ3) is 1.51. The van der Waals surface area contributed by atoms with Crippen LogP contribution in [-0.2, 0) is 4.79 Å². The van der Waals surface area contributed by atoms with Crippen LogP contribution in [0, 0.1) is 0 Å². The summed E-state index contributed by atoms with van der Waals surface area (Å²) in [5, 5.41) is 7.67. The van der Waals surface area contributed by atoms with Gasteiger partial charge in [-0.15, -0.1) is 0 Å². The summed E-state index contributed by atoms with van der Waals surface area (Å²) >= 11 is 0. The number of ketones is 1. The number of nitrogens with zero attached hydrogens (tertiary/aromatic N) is 2. The first-order valence-electron chi connectivity index (χ1n) is 5.52. The van der Waals surface area contributed by atoms with Gasteiger partial charge in [-0.3, -0.25) is 4.79 Å². The van der Waals surface area contributed by atoms with Gasteiger partial charge in [0.25, 0.3) is 0 Å². The van der Waals surface area contributed by atoms with Crippen LogP contribution in [0.1, 0.15) is 24.6 Å². The number of Topliss-reactive ketones (excluding diaryl/α,β-unsaturated/α-hetero) is 1. The van der Waals surface area contributed by atoms with Gasteiger partial charge in [-0.2, -0.15) is 5.10 Å². The molecule has 0 radical (unpaired) electrons.